The van der Waals surface area contributed by atoms with Gasteiger partial charge in [-0.25, -0.2) is 14.8 Å². The predicted molar refractivity (Wildman–Crippen MR) is 89.9 cm³/mol. The van der Waals surface area contributed by atoms with Crippen LogP contribution in [0, 0.1) is 0 Å². The Morgan fingerprint density at radius 2 is 2.22 bits per heavy atom. The SMILES string of the molecule is CC(C)c1cnc(N2CC[C@H]2COC(N)=O)c2cnc(Cl)cc12. The average Bonchev–Trinajstić information content (AvgIpc) is 2.45. The second-order valence-corrected chi connectivity index (χ2v) is 6.40. The number of hydrogen-bond donors (Lipinski definition) is 1. The van der Waals surface area contributed by atoms with E-state index >= 15 is 0 Å². The summed E-state index contributed by atoms with van der Waals surface area (Å²) in [5.41, 5.74) is 6.18. The highest BCUT2D eigenvalue weighted by Crippen LogP contribution is 2.35. The van der Waals surface area contributed by atoms with E-state index in [1.54, 1.807) is 6.20 Å². The molecule has 122 valence electrons. The molecule has 0 spiro atoms. The number of hydrogen-bond acceptors (Lipinski definition) is 5. The lowest BCUT2D eigenvalue weighted by molar-refractivity contribution is 0.138. The molecule has 2 aromatic heterocycles. The summed E-state index contributed by atoms with van der Waals surface area (Å²) >= 11 is 6.07. The molecule has 0 aliphatic carbocycles. The summed E-state index contributed by atoms with van der Waals surface area (Å²) in [7, 11) is 0. The summed E-state index contributed by atoms with van der Waals surface area (Å²) in [4.78, 5) is 21.7. The second kappa shape index (κ2) is 6.20. The lowest BCUT2D eigenvalue weighted by atomic mass is 9.97. The number of anilines is 1. The van der Waals surface area contributed by atoms with Crippen LogP contribution >= 0.6 is 11.6 Å². The third kappa shape index (κ3) is 3.03. The lowest BCUT2D eigenvalue weighted by Gasteiger charge is -2.41. The molecular formula is C16H19ClN4O2. The number of ether oxygens (including phenoxy) is 1. The second-order valence-electron chi connectivity index (χ2n) is 6.01. The number of fused-ring (bicyclic) bond motifs is 1. The third-order valence-corrected chi connectivity index (χ3v) is 4.41. The smallest absolute Gasteiger partial charge is 0.404 e. The zero-order valence-corrected chi connectivity index (χ0v) is 13.9. The van der Waals surface area contributed by atoms with Gasteiger partial charge in [0.2, 0.25) is 0 Å². The van der Waals surface area contributed by atoms with Crippen LogP contribution in [0.3, 0.4) is 0 Å². The maximum Gasteiger partial charge on any atom is 0.404 e. The van der Waals surface area contributed by atoms with Crippen LogP contribution in [0.25, 0.3) is 10.8 Å². The number of primary amides is 1. The number of nitrogens with two attached hydrogens (primary N) is 1. The molecule has 3 heterocycles. The van der Waals surface area contributed by atoms with Crippen molar-refractivity contribution < 1.29 is 9.53 Å². The molecule has 0 radical (unpaired) electrons. The van der Waals surface area contributed by atoms with Crippen LogP contribution < -0.4 is 10.6 Å². The Hall–Kier alpha value is -2.08. The van der Waals surface area contributed by atoms with Gasteiger partial charge in [0.05, 0.1) is 6.04 Å². The molecular weight excluding hydrogens is 316 g/mol. The van der Waals surface area contributed by atoms with Gasteiger partial charge in [-0.05, 0) is 29.4 Å². The standard InChI is InChI=1S/C16H19ClN4O2/c1-9(2)12-6-20-15(13-7-19-14(17)5-11(12)13)21-4-3-10(21)8-23-16(18)22/h5-7,9-10H,3-4,8H2,1-2H3,(H2,18,22)/t10-/m0/s1. The molecule has 1 amide bonds. The van der Waals surface area contributed by atoms with Crippen LogP contribution in [-0.4, -0.2) is 35.3 Å². The van der Waals surface area contributed by atoms with E-state index in [-0.39, 0.29) is 12.6 Å². The highest BCUT2D eigenvalue weighted by Gasteiger charge is 2.31. The van der Waals surface area contributed by atoms with Crippen LogP contribution in [0.1, 0.15) is 31.7 Å². The summed E-state index contributed by atoms with van der Waals surface area (Å²) in [6, 6.07) is 1.98. The lowest BCUT2D eigenvalue weighted by Crippen LogP contribution is -2.51. The Balaban J connectivity index is 1.99. The third-order valence-electron chi connectivity index (χ3n) is 4.20. The van der Waals surface area contributed by atoms with Gasteiger partial charge in [0.1, 0.15) is 17.6 Å². The number of amides is 1. The van der Waals surface area contributed by atoms with E-state index in [0.29, 0.717) is 11.1 Å². The number of nitrogens with zero attached hydrogens (tertiary/aromatic N) is 3. The fourth-order valence-electron chi connectivity index (χ4n) is 2.88. The van der Waals surface area contributed by atoms with Gasteiger partial charge in [-0.2, -0.15) is 0 Å². The van der Waals surface area contributed by atoms with Crippen LogP contribution in [0.15, 0.2) is 18.5 Å². The minimum absolute atomic E-state index is 0.0961. The van der Waals surface area contributed by atoms with Crippen molar-refractivity contribution in [2.75, 3.05) is 18.1 Å². The number of halogens is 1. The first-order chi connectivity index (χ1) is 11.0. The zero-order chi connectivity index (χ0) is 16.6. The minimum atomic E-state index is -0.752. The van der Waals surface area contributed by atoms with Gasteiger partial charge in [-0.3, -0.25) is 0 Å². The summed E-state index contributed by atoms with van der Waals surface area (Å²) in [6.45, 7) is 5.37. The molecule has 1 fully saturated rings. The highest BCUT2D eigenvalue weighted by molar-refractivity contribution is 6.30. The van der Waals surface area contributed by atoms with E-state index < -0.39 is 6.09 Å². The molecule has 23 heavy (non-hydrogen) atoms. The van der Waals surface area contributed by atoms with E-state index in [2.05, 4.69) is 28.7 Å². The van der Waals surface area contributed by atoms with Crippen molar-refractivity contribution in [1.82, 2.24) is 9.97 Å². The van der Waals surface area contributed by atoms with Crippen molar-refractivity contribution >= 4 is 34.3 Å². The van der Waals surface area contributed by atoms with Crippen LogP contribution in [0.5, 0.6) is 0 Å². The Labute approximate surface area is 139 Å². The molecule has 2 aromatic rings. The Bertz CT molecular complexity index is 750. The number of carbonyl (C=O) groups excluding carboxylic acids is 1. The van der Waals surface area contributed by atoms with E-state index in [9.17, 15) is 4.79 Å². The molecule has 1 saturated heterocycles. The average molecular weight is 335 g/mol. The molecule has 3 rings (SSSR count). The van der Waals surface area contributed by atoms with Crippen molar-refractivity contribution in [3.05, 3.63) is 29.2 Å². The van der Waals surface area contributed by atoms with Gasteiger partial charge in [0.15, 0.2) is 0 Å². The van der Waals surface area contributed by atoms with Crippen molar-refractivity contribution in [2.45, 2.75) is 32.2 Å². The monoisotopic (exact) mass is 334 g/mol. The van der Waals surface area contributed by atoms with Crippen molar-refractivity contribution in [3.63, 3.8) is 0 Å². The predicted octanol–water partition coefficient (Wildman–Crippen LogP) is 3.08. The van der Waals surface area contributed by atoms with Crippen LogP contribution in [0.4, 0.5) is 10.6 Å². The van der Waals surface area contributed by atoms with Gasteiger partial charge in [0, 0.05) is 24.3 Å². The first-order valence-electron chi connectivity index (χ1n) is 7.60. The van der Waals surface area contributed by atoms with Crippen LogP contribution in [0.2, 0.25) is 5.15 Å². The fraction of sp³-hybridized carbons (Fsp3) is 0.438. The van der Waals surface area contributed by atoms with E-state index in [1.807, 2.05) is 12.3 Å². The Morgan fingerprint density at radius 3 is 2.83 bits per heavy atom. The van der Waals surface area contributed by atoms with Gasteiger partial charge >= 0.3 is 6.09 Å². The largest absolute Gasteiger partial charge is 0.448 e. The van der Waals surface area contributed by atoms with Gasteiger partial charge in [-0.15, -0.1) is 0 Å². The summed E-state index contributed by atoms with van der Waals surface area (Å²) in [6.07, 6.45) is 3.83. The maximum absolute atomic E-state index is 10.8. The molecule has 1 aliphatic rings. The molecule has 2 N–H and O–H groups in total. The molecule has 0 bridgehead atoms. The molecule has 0 saturated carbocycles. The van der Waals surface area contributed by atoms with Gasteiger partial charge in [-0.1, -0.05) is 25.4 Å². The molecule has 7 heteroatoms. The normalized spacial score (nSPS) is 17.4. The summed E-state index contributed by atoms with van der Waals surface area (Å²) in [5, 5.41) is 2.49. The molecule has 6 nitrogen and oxygen atoms in total. The summed E-state index contributed by atoms with van der Waals surface area (Å²) < 4.78 is 4.92. The van der Waals surface area contributed by atoms with Crippen molar-refractivity contribution in [3.8, 4) is 0 Å². The maximum atomic E-state index is 10.8. The van der Waals surface area contributed by atoms with Crippen molar-refractivity contribution in [2.24, 2.45) is 5.73 Å². The van der Waals surface area contributed by atoms with Crippen LogP contribution in [-0.2, 0) is 4.74 Å². The van der Waals surface area contributed by atoms with E-state index in [0.717, 1.165) is 35.1 Å². The molecule has 0 unspecified atom stereocenters. The van der Waals surface area contributed by atoms with Gasteiger partial charge in [0.25, 0.3) is 0 Å². The van der Waals surface area contributed by atoms with E-state index in [4.69, 9.17) is 22.1 Å². The summed E-state index contributed by atoms with van der Waals surface area (Å²) in [5.74, 6) is 1.18. The molecule has 1 aliphatic heterocycles. The Kier molecular flexibility index (Phi) is 4.26. The van der Waals surface area contributed by atoms with Gasteiger partial charge < -0.3 is 15.4 Å². The number of carbonyl (C=O) groups is 1. The highest BCUT2D eigenvalue weighted by atomic mass is 35.5. The quantitative estimate of drug-likeness (QED) is 0.869. The number of pyridine rings is 2. The number of aromatic nitrogens is 2. The first kappa shape index (κ1) is 15.8. The minimum Gasteiger partial charge on any atom is -0.448 e. The zero-order valence-electron chi connectivity index (χ0n) is 13.1. The topological polar surface area (TPSA) is 81.3 Å². The molecule has 1 atom stereocenters. The fourth-order valence-corrected chi connectivity index (χ4v) is 3.03. The number of rotatable bonds is 4. The molecule has 0 aromatic carbocycles. The van der Waals surface area contributed by atoms with Crippen molar-refractivity contribution in [1.29, 1.82) is 0 Å². The Morgan fingerprint density at radius 1 is 1.43 bits per heavy atom. The first-order valence-corrected chi connectivity index (χ1v) is 7.98. The van der Waals surface area contributed by atoms with E-state index in [1.165, 1.54) is 0 Å².